The monoisotopic (exact) mass is 392 g/mol. The Balaban J connectivity index is 1.39. The highest BCUT2D eigenvalue weighted by molar-refractivity contribution is 5.93. The molecule has 1 N–H and O–H groups in total. The summed E-state index contributed by atoms with van der Waals surface area (Å²) in [6, 6.07) is 13.6. The molecule has 1 aliphatic heterocycles. The van der Waals surface area contributed by atoms with Gasteiger partial charge in [0, 0.05) is 43.0 Å². The van der Waals surface area contributed by atoms with Gasteiger partial charge in [-0.1, -0.05) is 12.1 Å². The molecule has 0 aliphatic carbocycles. The van der Waals surface area contributed by atoms with Crippen molar-refractivity contribution >= 4 is 22.6 Å². The van der Waals surface area contributed by atoms with Gasteiger partial charge in [-0.05, 0) is 25.0 Å². The van der Waals surface area contributed by atoms with Crippen molar-refractivity contribution in [2.75, 3.05) is 32.6 Å². The van der Waals surface area contributed by atoms with Crippen molar-refractivity contribution in [2.24, 2.45) is 0 Å². The van der Waals surface area contributed by atoms with Crippen molar-refractivity contribution in [1.82, 2.24) is 14.9 Å². The summed E-state index contributed by atoms with van der Waals surface area (Å²) < 4.78 is 10.7. The second-order valence-electron chi connectivity index (χ2n) is 7.06. The third kappa shape index (κ3) is 4.23. The zero-order chi connectivity index (χ0) is 20.2. The smallest absolute Gasteiger partial charge is 0.274 e. The molecular formula is C22H24N4O3. The molecule has 0 unspecified atom stereocenters. The fourth-order valence-electron chi connectivity index (χ4n) is 3.58. The fraction of sp³-hybridized carbons (Fsp3) is 0.318. The quantitative estimate of drug-likeness (QED) is 0.718. The van der Waals surface area contributed by atoms with Gasteiger partial charge in [0.2, 0.25) is 0 Å². The number of ether oxygens (including phenoxy) is 2. The number of methoxy groups -OCH3 is 2. The molecule has 0 spiro atoms. The van der Waals surface area contributed by atoms with Gasteiger partial charge in [0.15, 0.2) is 0 Å². The molecule has 1 saturated heterocycles. The maximum Gasteiger partial charge on any atom is 0.274 e. The molecule has 1 aliphatic rings. The Kier molecular flexibility index (Phi) is 5.46. The van der Waals surface area contributed by atoms with Gasteiger partial charge in [0.05, 0.1) is 31.4 Å². The van der Waals surface area contributed by atoms with Crippen LogP contribution >= 0.6 is 0 Å². The molecular weight excluding hydrogens is 368 g/mol. The molecule has 1 amide bonds. The van der Waals surface area contributed by atoms with Crippen LogP contribution in [0.25, 0.3) is 11.0 Å². The van der Waals surface area contributed by atoms with E-state index < -0.39 is 0 Å². The van der Waals surface area contributed by atoms with Crippen molar-refractivity contribution in [1.29, 1.82) is 0 Å². The summed E-state index contributed by atoms with van der Waals surface area (Å²) in [5.41, 5.74) is 2.88. The van der Waals surface area contributed by atoms with Gasteiger partial charge in [-0.2, -0.15) is 0 Å². The first kappa shape index (κ1) is 19.0. The number of piperidine rings is 1. The molecule has 2 aromatic carbocycles. The normalized spacial score (nSPS) is 14.6. The predicted molar refractivity (Wildman–Crippen MR) is 112 cm³/mol. The number of carbonyl (C=O) groups is 1. The van der Waals surface area contributed by atoms with Crippen LogP contribution in [0, 0.1) is 0 Å². The van der Waals surface area contributed by atoms with E-state index in [1.54, 1.807) is 20.4 Å². The van der Waals surface area contributed by atoms with Crippen LogP contribution in [0.1, 0.15) is 23.3 Å². The molecule has 29 heavy (non-hydrogen) atoms. The summed E-state index contributed by atoms with van der Waals surface area (Å²) in [7, 11) is 3.27. The number of benzene rings is 2. The largest absolute Gasteiger partial charge is 0.497 e. The van der Waals surface area contributed by atoms with E-state index >= 15 is 0 Å². The number of para-hydroxylation sites is 2. The molecule has 150 valence electrons. The van der Waals surface area contributed by atoms with Gasteiger partial charge in [-0.25, -0.2) is 4.98 Å². The van der Waals surface area contributed by atoms with Gasteiger partial charge in [0.25, 0.3) is 5.91 Å². The van der Waals surface area contributed by atoms with Crippen molar-refractivity contribution in [2.45, 2.75) is 18.9 Å². The van der Waals surface area contributed by atoms with E-state index in [0.29, 0.717) is 18.8 Å². The Labute approximate surface area is 169 Å². The van der Waals surface area contributed by atoms with Crippen LogP contribution in [0.3, 0.4) is 0 Å². The number of amides is 1. The number of likely N-dealkylation sites (tertiary alicyclic amines) is 1. The minimum Gasteiger partial charge on any atom is -0.497 e. The fourth-order valence-corrected chi connectivity index (χ4v) is 3.58. The first-order valence-electron chi connectivity index (χ1n) is 9.67. The zero-order valence-corrected chi connectivity index (χ0v) is 16.6. The molecule has 7 nitrogen and oxygen atoms in total. The third-order valence-corrected chi connectivity index (χ3v) is 5.17. The number of aromatic nitrogens is 2. The van der Waals surface area contributed by atoms with E-state index in [2.05, 4.69) is 15.3 Å². The lowest BCUT2D eigenvalue weighted by molar-refractivity contribution is 0.0712. The Hall–Kier alpha value is -3.35. The van der Waals surface area contributed by atoms with Crippen molar-refractivity contribution in [3.63, 3.8) is 0 Å². The van der Waals surface area contributed by atoms with Crippen molar-refractivity contribution < 1.29 is 14.3 Å². The number of carbonyl (C=O) groups excluding carboxylic acids is 1. The van der Waals surface area contributed by atoms with Gasteiger partial charge >= 0.3 is 0 Å². The molecule has 1 fully saturated rings. The van der Waals surface area contributed by atoms with Crippen LogP contribution in [0.15, 0.2) is 48.7 Å². The molecule has 0 atom stereocenters. The Bertz CT molecular complexity index is 994. The standard InChI is InChI=1S/C22H24N4O3/c1-28-17-11-16(12-18(13-17)29-2)24-15-7-9-26(10-8-15)22(27)21-14-23-19-5-3-4-6-20(19)25-21/h3-6,11-15,24H,7-10H2,1-2H3. The highest BCUT2D eigenvalue weighted by Gasteiger charge is 2.25. The molecule has 0 saturated carbocycles. The average molecular weight is 392 g/mol. The van der Waals surface area contributed by atoms with Crippen LogP contribution < -0.4 is 14.8 Å². The number of anilines is 1. The van der Waals surface area contributed by atoms with Crippen LogP contribution in [0.2, 0.25) is 0 Å². The van der Waals surface area contributed by atoms with Crippen molar-refractivity contribution in [3.05, 3.63) is 54.4 Å². The van der Waals surface area contributed by atoms with Gasteiger partial charge < -0.3 is 19.7 Å². The van der Waals surface area contributed by atoms with E-state index in [0.717, 1.165) is 41.1 Å². The van der Waals surface area contributed by atoms with E-state index in [9.17, 15) is 4.79 Å². The van der Waals surface area contributed by atoms with E-state index in [1.165, 1.54) is 0 Å². The predicted octanol–water partition coefficient (Wildman–Crippen LogP) is 3.36. The molecule has 2 heterocycles. The topological polar surface area (TPSA) is 76.6 Å². The molecule has 4 rings (SSSR count). The van der Waals surface area contributed by atoms with Crippen molar-refractivity contribution in [3.8, 4) is 11.5 Å². The second-order valence-corrected chi connectivity index (χ2v) is 7.06. The maximum absolute atomic E-state index is 12.8. The summed E-state index contributed by atoms with van der Waals surface area (Å²) in [5, 5.41) is 3.53. The summed E-state index contributed by atoms with van der Waals surface area (Å²) in [6.07, 6.45) is 3.27. The SMILES string of the molecule is COc1cc(NC2CCN(C(=O)c3cnc4ccccc4n3)CC2)cc(OC)c1. The summed E-state index contributed by atoms with van der Waals surface area (Å²) >= 11 is 0. The van der Waals surface area contributed by atoms with Gasteiger partial charge in [-0.3, -0.25) is 9.78 Å². The second kappa shape index (κ2) is 8.34. The zero-order valence-electron chi connectivity index (χ0n) is 16.6. The number of nitrogens with zero attached hydrogens (tertiary/aromatic N) is 3. The number of nitrogens with one attached hydrogen (secondary N) is 1. The molecule has 3 aromatic rings. The van der Waals surface area contributed by atoms with Gasteiger partial charge in [-0.15, -0.1) is 0 Å². The number of fused-ring (bicyclic) bond motifs is 1. The minimum absolute atomic E-state index is 0.0650. The summed E-state index contributed by atoms with van der Waals surface area (Å²) in [5.74, 6) is 1.42. The number of hydrogen-bond acceptors (Lipinski definition) is 6. The lowest BCUT2D eigenvalue weighted by atomic mass is 10.0. The van der Waals surface area contributed by atoms with Gasteiger partial charge in [0.1, 0.15) is 17.2 Å². The van der Waals surface area contributed by atoms with Crippen LogP contribution in [0.4, 0.5) is 5.69 Å². The van der Waals surface area contributed by atoms with Crippen LogP contribution in [-0.2, 0) is 0 Å². The van der Waals surface area contributed by atoms with E-state index in [1.807, 2.05) is 47.4 Å². The number of hydrogen-bond donors (Lipinski definition) is 1. The van der Waals surface area contributed by atoms with E-state index in [4.69, 9.17) is 9.47 Å². The lowest BCUT2D eigenvalue weighted by Gasteiger charge is -2.32. The average Bonchev–Trinajstić information content (AvgIpc) is 2.78. The molecule has 7 heteroatoms. The molecule has 0 bridgehead atoms. The first-order valence-corrected chi connectivity index (χ1v) is 9.67. The molecule has 0 radical (unpaired) electrons. The lowest BCUT2D eigenvalue weighted by Crippen LogP contribution is -2.42. The Morgan fingerprint density at radius 3 is 2.34 bits per heavy atom. The number of rotatable bonds is 5. The summed E-state index contributed by atoms with van der Waals surface area (Å²) in [6.45, 7) is 1.35. The molecule has 1 aromatic heterocycles. The Morgan fingerprint density at radius 2 is 1.69 bits per heavy atom. The van der Waals surface area contributed by atoms with E-state index in [-0.39, 0.29) is 11.9 Å². The highest BCUT2D eigenvalue weighted by Crippen LogP contribution is 2.27. The summed E-state index contributed by atoms with van der Waals surface area (Å²) in [4.78, 5) is 23.5. The van der Waals surface area contributed by atoms with Crippen LogP contribution in [0.5, 0.6) is 11.5 Å². The van der Waals surface area contributed by atoms with Crippen LogP contribution in [-0.4, -0.2) is 54.1 Å². The minimum atomic E-state index is -0.0650. The Morgan fingerprint density at radius 1 is 1.03 bits per heavy atom. The highest BCUT2D eigenvalue weighted by atomic mass is 16.5. The third-order valence-electron chi connectivity index (χ3n) is 5.17. The maximum atomic E-state index is 12.8. The first-order chi connectivity index (χ1) is 14.2.